The van der Waals surface area contributed by atoms with Crippen LogP contribution in [0.5, 0.6) is 11.5 Å². The molecule has 1 amide bonds. The molecule has 0 aromatic heterocycles. The van der Waals surface area contributed by atoms with Gasteiger partial charge in [-0.3, -0.25) is 9.69 Å². The summed E-state index contributed by atoms with van der Waals surface area (Å²) in [5.41, 5.74) is 1.09. The van der Waals surface area contributed by atoms with Gasteiger partial charge >= 0.3 is 0 Å². The third kappa shape index (κ3) is 3.07. The molecule has 1 aliphatic rings. The maximum Gasteiger partial charge on any atom is 0.241 e. The number of methoxy groups -OCH3 is 2. The van der Waals surface area contributed by atoms with Gasteiger partial charge < -0.3 is 9.47 Å². The summed E-state index contributed by atoms with van der Waals surface area (Å²) in [6.07, 6.45) is 0.736. The SMILES string of the molecule is COc1ccc(CCN2C(=O)[C@H](C)SC2=S)cc1OC. The molecule has 108 valence electrons. The fraction of sp³-hybridized carbons (Fsp3) is 0.429. The number of thiocarbonyl (C=S) groups is 1. The van der Waals surface area contributed by atoms with Gasteiger partial charge in [-0.1, -0.05) is 30.0 Å². The lowest BCUT2D eigenvalue weighted by molar-refractivity contribution is -0.125. The van der Waals surface area contributed by atoms with Crippen molar-refractivity contribution in [2.24, 2.45) is 0 Å². The predicted octanol–water partition coefficient (Wildman–Crippen LogP) is 2.50. The minimum atomic E-state index is -0.0621. The van der Waals surface area contributed by atoms with Crippen molar-refractivity contribution in [3.8, 4) is 11.5 Å². The molecule has 0 spiro atoms. The Morgan fingerprint density at radius 3 is 2.55 bits per heavy atom. The number of carbonyl (C=O) groups excluding carboxylic acids is 1. The number of ether oxygens (including phenoxy) is 2. The van der Waals surface area contributed by atoms with Crippen LogP contribution in [-0.2, 0) is 11.2 Å². The van der Waals surface area contributed by atoms with Gasteiger partial charge in [-0.15, -0.1) is 0 Å². The van der Waals surface area contributed by atoms with E-state index in [0.717, 1.165) is 12.0 Å². The highest BCUT2D eigenvalue weighted by Crippen LogP contribution is 2.29. The maximum absolute atomic E-state index is 11.9. The number of nitrogens with zero attached hydrogens (tertiary/aromatic N) is 1. The summed E-state index contributed by atoms with van der Waals surface area (Å²) in [4.78, 5) is 13.6. The molecule has 1 aliphatic heterocycles. The molecule has 0 bridgehead atoms. The second-order valence-corrected chi connectivity index (χ2v) is 6.43. The Kier molecular flexibility index (Phi) is 4.88. The molecule has 0 aliphatic carbocycles. The molecule has 1 aromatic carbocycles. The third-order valence-corrected chi connectivity index (χ3v) is 4.67. The van der Waals surface area contributed by atoms with E-state index in [1.807, 2.05) is 25.1 Å². The van der Waals surface area contributed by atoms with Crippen molar-refractivity contribution >= 4 is 34.2 Å². The molecule has 1 saturated heterocycles. The highest BCUT2D eigenvalue weighted by Gasteiger charge is 2.33. The van der Waals surface area contributed by atoms with Crippen molar-refractivity contribution in [1.29, 1.82) is 0 Å². The van der Waals surface area contributed by atoms with E-state index in [2.05, 4.69) is 0 Å². The van der Waals surface area contributed by atoms with Crippen molar-refractivity contribution in [2.45, 2.75) is 18.6 Å². The summed E-state index contributed by atoms with van der Waals surface area (Å²) in [6.45, 7) is 2.49. The lowest BCUT2D eigenvalue weighted by Gasteiger charge is -2.16. The predicted molar refractivity (Wildman–Crippen MR) is 84.6 cm³/mol. The summed E-state index contributed by atoms with van der Waals surface area (Å²) < 4.78 is 11.1. The molecule has 4 nitrogen and oxygen atoms in total. The number of thioether (sulfide) groups is 1. The molecule has 0 saturated carbocycles. The standard InChI is InChI=1S/C14H17NO3S2/c1-9-13(16)15(14(19)20-9)7-6-10-4-5-11(17-2)12(8-10)18-3/h4-5,8-9H,6-7H2,1-3H3/t9-/m0/s1. The third-order valence-electron chi connectivity index (χ3n) is 3.18. The normalized spacial score (nSPS) is 18.6. The Morgan fingerprint density at radius 2 is 2.00 bits per heavy atom. The molecule has 0 unspecified atom stereocenters. The first-order chi connectivity index (χ1) is 9.56. The van der Waals surface area contributed by atoms with Crippen molar-refractivity contribution < 1.29 is 14.3 Å². The van der Waals surface area contributed by atoms with E-state index >= 15 is 0 Å². The number of rotatable bonds is 5. The van der Waals surface area contributed by atoms with Crippen LogP contribution < -0.4 is 9.47 Å². The van der Waals surface area contributed by atoms with Gasteiger partial charge in [-0.25, -0.2) is 0 Å². The Labute approximate surface area is 128 Å². The zero-order chi connectivity index (χ0) is 14.7. The van der Waals surface area contributed by atoms with Gasteiger partial charge in [-0.2, -0.15) is 0 Å². The lowest BCUT2D eigenvalue weighted by Crippen LogP contribution is -2.32. The number of amides is 1. The maximum atomic E-state index is 11.9. The van der Waals surface area contributed by atoms with Crippen LogP contribution in [-0.4, -0.2) is 41.1 Å². The number of hydrogen-bond acceptors (Lipinski definition) is 5. The number of benzene rings is 1. The Hall–Kier alpha value is -1.27. The number of hydrogen-bond donors (Lipinski definition) is 0. The minimum Gasteiger partial charge on any atom is -0.493 e. The van der Waals surface area contributed by atoms with Crippen molar-refractivity contribution in [1.82, 2.24) is 4.90 Å². The molecule has 20 heavy (non-hydrogen) atoms. The van der Waals surface area contributed by atoms with Crippen molar-refractivity contribution in [3.63, 3.8) is 0 Å². The van der Waals surface area contributed by atoms with Crippen LogP contribution in [0.4, 0.5) is 0 Å². The minimum absolute atomic E-state index is 0.0621. The molecule has 1 aromatic rings. The summed E-state index contributed by atoms with van der Waals surface area (Å²) in [7, 11) is 3.22. The van der Waals surface area contributed by atoms with Gasteiger partial charge in [-0.05, 0) is 31.0 Å². The first-order valence-electron chi connectivity index (χ1n) is 6.29. The zero-order valence-electron chi connectivity index (χ0n) is 11.7. The summed E-state index contributed by atoms with van der Waals surface area (Å²) in [5, 5.41) is -0.0621. The van der Waals surface area contributed by atoms with Crippen LogP contribution in [0.3, 0.4) is 0 Å². The van der Waals surface area contributed by atoms with Crippen molar-refractivity contribution in [2.75, 3.05) is 20.8 Å². The molecule has 1 heterocycles. The van der Waals surface area contributed by atoms with Gasteiger partial charge in [0.15, 0.2) is 11.5 Å². The van der Waals surface area contributed by atoms with Crippen LogP contribution >= 0.6 is 24.0 Å². The smallest absolute Gasteiger partial charge is 0.241 e. The van der Waals surface area contributed by atoms with Gasteiger partial charge in [0.2, 0.25) is 5.91 Å². The fourth-order valence-corrected chi connectivity index (χ4v) is 3.51. The summed E-state index contributed by atoms with van der Waals surface area (Å²) in [6, 6.07) is 5.77. The summed E-state index contributed by atoms with van der Waals surface area (Å²) in [5.74, 6) is 1.50. The highest BCUT2D eigenvalue weighted by atomic mass is 32.2. The van der Waals surface area contributed by atoms with E-state index < -0.39 is 0 Å². The average Bonchev–Trinajstić information content (AvgIpc) is 2.70. The van der Waals surface area contributed by atoms with Gasteiger partial charge in [0.25, 0.3) is 0 Å². The Morgan fingerprint density at radius 1 is 1.30 bits per heavy atom. The van der Waals surface area contributed by atoms with Gasteiger partial charge in [0.05, 0.1) is 19.5 Å². The van der Waals surface area contributed by atoms with Crippen LogP contribution in [0.25, 0.3) is 0 Å². The van der Waals surface area contributed by atoms with E-state index in [4.69, 9.17) is 21.7 Å². The molecular weight excluding hydrogens is 294 g/mol. The van der Waals surface area contributed by atoms with E-state index in [1.54, 1.807) is 19.1 Å². The van der Waals surface area contributed by atoms with Crippen LogP contribution in [0.2, 0.25) is 0 Å². The van der Waals surface area contributed by atoms with E-state index in [9.17, 15) is 4.79 Å². The topological polar surface area (TPSA) is 38.8 Å². The average molecular weight is 311 g/mol. The van der Waals surface area contributed by atoms with E-state index in [0.29, 0.717) is 22.4 Å². The first kappa shape index (κ1) is 15.1. The number of carbonyl (C=O) groups is 1. The molecule has 1 fully saturated rings. The van der Waals surface area contributed by atoms with Crippen LogP contribution in [0.1, 0.15) is 12.5 Å². The Balaban J connectivity index is 2.04. The largest absolute Gasteiger partial charge is 0.493 e. The lowest BCUT2D eigenvalue weighted by atomic mass is 10.1. The molecule has 1 atom stereocenters. The van der Waals surface area contributed by atoms with Crippen molar-refractivity contribution in [3.05, 3.63) is 23.8 Å². The van der Waals surface area contributed by atoms with Crippen LogP contribution in [0, 0.1) is 0 Å². The first-order valence-corrected chi connectivity index (χ1v) is 7.58. The fourth-order valence-electron chi connectivity index (χ4n) is 2.05. The molecule has 6 heteroatoms. The van der Waals surface area contributed by atoms with E-state index in [1.165, 1.54) is 11.8 Å². The quantitative estimate of drug-likeness (QED) is 0.781. The molecule has 0 N–H and O–H groups in total. The molecule has 2 rings (SSSR count). The zero-order valence-corrected chi connectivity index (χ0v) is 13.3. The van der Waals surface area contributed by atoms with Gasteiger partial charge in [0.1, 0.15) is 4.32 Å². The Bertz CT molecular complexity index is 533. The monoisotopic (exact) mass is 311 g/mol. The molecular formula is C14H17NO3S2. The second-order valence-electron chi connectivity index (χ2n) is 4.46. The van der Waals surface area contributed by atoms with Crippen LogP contribution in [0.15, 0.2) is 18.2 Å². The second kappa shape index (κ2) is 6.45. The summed E-state index contributed by atoms with van der Waals surface area (Å²) >= 11 is 6.67. The highest BCUT2D eigenvalue weighted by molar-refractivity contribution is 8.24. The molecule has 0 radical (unpaired) electrons. The van der Waals surface area contributed by atoms with Gasteiger partial charge in [0, 0.05) is 6.54 Å². The van der Waals surface area contributed by atoms with E-state index in [-0.39, 0.29) is 11.2 Å².